The Morgan fingerprint density at radius 2 is 1.58 bits per heavy atom. The molecule has 0 aliphatic carbocycles. The highest BCUT2D eigenvalue weighted by atomic mass is 15.2. The molecule has 0 aliphatic heterocycles. The van der Waals surface area contributed by atoms with E-state index in [0.717, 1.165) is 24.6 Å². The Hall–Kier alpha value is -2.30. The molecular weight excluding hydrogens is 298 g/mol. The Labute approximate surface area is 145 Å². The van der Waals surface area contributed by atoms with Gasteiger partial charge in [0.25, 0.3) is 0 Å². The van der Waals surface area contributed by atoms with Gasteiger partial charge in [0.15, 0.2) is 11.6 Å². The van der Waals surface area contributed by atoms with Gasteiger partial charge in [0, 0.05) is 18.8 Å². The fourth-order valence-electron chi connectivity index (χ4n) is 2.64. The van der Waals surface area contributed by atoms with Crippen LogP contribution in [0.25, 0.3) is 0 Å². The number of rotatable bonds is 7. The number of hydrogen-bond acceptors (Lipinski definition) is 5. The van der Waals surface area contributed by atoms with Crippen molar-refractivity contribution in [3.8, 4) is 0 Å². The molecule has 0 amide bonds. The van der Waals surface area contributed by atoms with Crippen LogP contribution in [0.5, 0.6) is 0 Å². The molecule has 0 spiro atoms. The molecule has 1 aromatic carbocycles. The van der Waals surface area contributed by atoms with Gasteiger partial charge in [0.2, 0.25) is 0 Å². The summed E-state index contributed by atoms with van der Waals surface area (Å²) in [6, 6.07) is 8.17. The van der Waals surface area contributed by atoms with Gasteiger partial charge >= 0.3 is 0 Å². The number of nitrogen functional groups attached to an aromatic ring is 1. The van der Waals surface area contributed by atoms with Gasteiger partial charge in [-0.15, -0.1) is 0 Å². The van der Waals surface area contributed by atoms with Crippen molar-refractivity contribution < 1.29 is 0 Å². The number of aryl methyl sites for hydroxylation is 1. The van der Waals surface area contributed by atoms with Crippen molar-refractivity contribution in [2.24, 2.45) is 11.8 Å². The van der Waals surface area contributed by atoms with Gasteiger partial charge in [-0.3, -0.25) is 0 Å². The first-order valence-corrected chi connectivity index (χ1v) is 8.56. The molecule has 0 saturated carbocycles. The monoisotopic (exact) mass is 327 g/mol. The van der Waals surface area contributed by atoms with Crippen LogP contribution in [0.1, 0.15) is 33.3 Å². The molecule has 0 saturated heterocycles. The Morgan fingerprint density at radius 3 is 2.12 bits per heavy atom. The number of aromatic nitrogens is 2. The summed E-state index contributed by atoms with van der Waals surface area (Å²) in [5.74, 6) is 2.53. The molecule has 0 atom stereocenters. The summed E-state index contributed by atoms with van der Waals surface area (Å²) in [6.45, 7) is 12.7. The number of anilines is 4. The van der Waals surface area contributed by atoms with Gasteiger partial charge in [-0.05, 0) is 30.9 Å². The topological polar surface area (TPSA) is 67.1 Å². The van der Waals surface area contributed by atoms with E-state index in [1.54, 1.807) is 6.33 Å². The quantitative estimate of drug-likeness (QED) is 0.796. The van der Waals surface area contributed by atoms with Crippen LogP contribution >= 0.6 is 0 Å². The fraction of sp³-hybridized carbons (Fsp3) is 0.474. The summed E-state index contributed by atoms with van der Waals surface area (Å²) < 4.78 is 0. The van der Waals surface area contributed by atoms with Gasteiger partial charge in [-0.25, -0.2) is 9.97 Å². The van der Waals surface area contributed by atoms with E-state index in [2.05, 4.69) is 66.9 Å². The van der Waals surface area contributed by atoms with E-state index >= 15 is 0 Å². The molecule has 2 rings (SSSR count). The lowest BCUT2D eigenvalue weighted by Crippen LogP contribution is -2.32. The minimum absolute atomic E-state index is 0.534. The Morgan fingerprint density at radius 1 is 1.00 bits per heavy atom. The van der Waals surface area contributed by atoms with E-state index in [4.69, 9.17) is 5.73 Å². The summed E-state index contributed by atoms with van der Waals surface area (Å²) in [4.78, 5) is 11.0. The zero-order valence-electron chi connectivity index (χ0n) is 15.4. The number of nitrogens with zero attached hydrogens (tertiary/aromatic N) is 3. The molecule has 130 valence electrons. The molecule has 0 aliphatic rings. The van der Waals surface area contributed by atoms with Gasteiger partial charge in [-0.1, -0.05) is 45.4 Å². The molecule has 24 heavy (non-hydrogen) atoms. The van der Waals surface area contributed by atoms with Crippen molar-refractivity contribution in [1.29, 1.82) is 0 Å². The third-order valence-corrected chi connectivity index (χ3v) is 3.65. The second-order valence-corrected chi connectivity index (χ2v) is 7.14. The molecule has 2 aromatic rings. The van der Waals surface area contributed by atoms with Crippen molar-refractivity contribution in [2.75, 3.05) is 29.0 Å². The maximum absolute atomic E-state index is 6.38. The van der Waals surface area contributed by atoms with Crippen molar-refractivity contribution >= 4 is 23.0 Å². The van der Waals surface area contributed by atoms with E-state index < -0.39 is 0 Å². The van der Waals surface area contributed by atoms with E-state index in [9.17, 15) is 0 Å². The average molecular weight is 327 g/mol. The normalized spacial score (nSPS) is 11.1. The highest BCUT2D eigenvalue weighted by Gasteiger charge is 2.17. The average Bonchev–Trinajstić information content (AvgIpc) is 2.50. The minimum Gasteiger partial charge on any atom is -0.393 e. The van der Waals surface area contributed by atoms with Crippen LogP contribution in [0.4, 0.5) is 23.0 Å². The summed E-state index contributed by atoms with van der Waals surface area (Å²) in [6.07, 6.45) is 1.58. The number of hydrogen-bond donors (Lipinski definition) is 2. The summed E-state index contributed by atoms with van der Waals surface area (Å²) in [7, 11) is 0. The van der Waals surface area contributed by atoms with E-state index in [1.165, 1.54) is 5.56 Å². The maximum Gasteiger partial charge on any atom is 0.159 e. The van der Waals surface area contributed by atoms with Gasteiger partial charge in [0.05, 0.1) is 0 Å². The smallest absolute Gasteiger partial charge is 0.159 e. The number of benzene rings is 1. The first kappa shape index (κ1) is 18.0. The van der Waals surface area contributed by atoms with E-state index in [-0.39, 0.29) is 0 Å². The molecule has 0 fully saturated rings. The van der Waals surface area contributed by atoms with Crippen molar-refractivity contribution in [2.45, 2.75) is 34.6 Å². The first-order valence-electron chi connectivity index (χ1n) is 8.56. The van der Waals surface area contributed by atoms with E-state index in [0.29, 0.717) is 23.3 Å². The lowest BCUT2D eigenvalue weighted by atomic mass is 10.1. The molecule has 0 bridgehead atoms. The zero-order valence-corrected chi connectivity index (χ0v) is 15.4. The third-order valence-electron chi connectivity index (χ3n) is 3.65. The number of nitrogens with two attached hydrogens (primary N) is 1. The molecule has 1 heterocycles. The molecular formula is C19H29N5. The van der Waals surface area contributed by atoms with Gasteiger partial charge in [-0.2, -0.15) is 0 Å². The highest BCUT2D eigenvalue weighted by molar-refractivity contribution is 5.78. The van der Waals surface area contributed by atoms with E-state index in [1.807, 2.05) is 12.1 Å². The van der Waals surface area contributed by atoms with Crippen LogP contribution in [0.2, 0.25) is 0 Å². The van der Waals surface area contributed by atoms with Crippen molar-refractivity contribution in [3.05, 3.63) is 36.2 Å². The number of nitrogens with one attached hydrogen (secondary N) is 1. The zero-order chi connectivity index (χ0) is 17.7. The summed E-state index contributed by atoms with van der Waals surface area (Å²) >= 11 is 0. The Bertz CT molecular complexity index is 639. The Kier molecular flexibility index (Phi) is 6.01. The largest absolute Gasteiger partial charge is 0.393 e. The van der Waals surface area contributed by atoms with Crippen LogP contribution < -0.4 is 16.0 Å². The minimum atomic E-state index is 0.534. The van der Waals surface area contributed by atoms with Crippen LogP contribution in [0.3, 0.4) is 0 Å². The van der Waals surface area contributed by atoms with Gasteiger partial charge in [0.1, 0.15) is 12.0 Å². The SMILES string of the molecule is Cc1ccc(Nc2ncnc(N(CC(C)C)CC(C)C)c2N)cc1. The van der Waals surface area contributed by atoms with Crippen LogP contribution in [-0.2, 0) is 0 Å². The second kappa shape index (κ2) is 7.99. The predicted octanol–water partition coefficient (Wildman–Crippen LogP) is 4.23. The van der Waals surface area contributed by atoms with Crippen LogP contribution in [-0.4, -0.2) is 23.1 Å². The van der Waals surface area contributed by atoms with Crippen molar-refractivity contribution in [3.63, 3.8) is 0 Å². The lowest BCUT2D eigenvalue weighted by molar-refractivity contribution is 0.549. The molecule has 0 radical (unpaired) electrons. The second-order valence-electron chi connectivity index (χ2n) is 7.14. The Balaban J connectivity index is 2.28. The standard InChI is InChI=1S/C19H29N5/c1-13(2)10-24(11-14(3)4)19-17(20)18(21-12-22-19)23-16-8-6-15(5)7-9-16/h6-9,12-14H,10-11,20H2,1-5H3,(H,21,22,23). The molecule has 5 nitrogen and oxygen atoms in total. The van der Waals surface area contributed by atoms with Crippen LogP contribution in [0, 0.1) is 18.8 Å². The molecule has 0 unspecified atom stereocenters. The van der Waals surface area contributed by atoms with Crippen molar-refractivity contribution in [1.82, 2.24) is 9.97 Å². The molecule has 3 N–H and O–H groups in total. The summed E-state index contributed by atoms with van der Waals surface area (Å²) in [5.41, 5.74) is 9.17. The first-order chi connectivity index (χ1) is 11.4. The fourth-order valence-corrected chi connectivity index (χ4v) is 2.64. The molecule has 5 heteroatoms. The summed E-state index contributed by atoms with van der Waals surface area (Å²) in [5, 5.41) is 3.30. The third kappa shape index (κ3) is 4.85. The predicted molar refractivity (Wildman–Crippen MR) is 103 cm³/mol. The maximum atomic E-state index is 6.38. The van der Waals surface area contributed by atoms with Crippen LogP contribution in [0.15, 0.2) is 30.6 Å². The van der Waals surface area contributed by atoms with Gasteiger partial charge < -0.3 is 16.0 Å². The lowest BCUT2D eigenvalue weighted by Gasteiger charge is -2.28. The highest BCUT2D eigenvalue weighted by Crippen LogP contribution is 2.29. The molecule has 1 aromatic heterocycles.